The van der Waals surface area contributed by atoms with Crippen LogP contribution in [0.15, 0.2) is 16.5 Å². The zero-order chi connectivity index (χ0) is 12.2. The van der Waals surface area contributed by atoms with Gasteiger partial charge in [-0.25, -0.2) is 0 Å². The summed E-state index contributed by atoms with van der Waals surface area (Å²) in [7, 11) is 0. The number of aryl methyl sites for hydroxylation is 1. The van der Waals surface area contributed by atoms with E-state index in [9.17, 15) is 5.11 Å². The van der Waals surface area contributed by atoms with Gasteiger partial charge in [0.25, 0.3) is 0 Å². The van der Waals surface area contributed by atoms with Gasteiger partial charge in [0.2, 0.25) is 0 Å². The summed E-state index contributed by atoms with van der Waals surface area (Å²) >= 11 is 0. The molecule has 0 amide bonds. The van der Waals surface area contributed by atoms with Crippen LogP contribution in [0.5, 0.6) is 0 Å². The second-order valence-corrected chi connectivity index (χ2v) is 4.87. The second kappa shape index (κ2) is 5.51. The first-order valence-corrected chi connectivity index (χ1v) is 5.91. The van der Waals surface area contributed by atoms with Gasteiger partial charge in [-0.2, -0.15) is 0 Å². The zero-order valence-corrected chi connectivity index (χ0v) is 10.7. The van der Waals surface area contributed by atoms with Gasteiger partial charge in [-0.1, -0.05) is 13.8 Å². The molecule has 0 radical (unpaired) electrons. The molecule has 2 unspecified atom stereocenters. The van der Waals surface area contributed by atoms with Crippen LogP contribution in [0.2, 0.25) is 0 Å². The van der Waals surface area contributed by atoms with Gasteiger partial charge in [-0.05, 0) is 32.4 Å². The van der Waals surface area contributed by atoms with E-state index in [2.05, 4.69) is 26.1 Å². The van der Waals surface area contributed by atoms with E-state index < -0.39 is 0 Å². The molecule has 1 heterocycles. The molecule has 0 aromatic carbocycles. The summed E-state index contributed by atoms with van der Waals surface area (Å²) in [5.74, 6) is 1.89. The lowest BCUT2D eigenvalue weighted by molar-refractivity contribution is 0.131. The molecule has 2 atom stereocenters. The van der Waals surface area contributed by atoms with Gasteiger partial charge in [0, 0.05) is 18.6 Å². The van der Waals surface area contributed by atoms with Gasteiger partial charge < -0.3 is 14.8 Å². The van der Waals surface area contributed by atoms with Crippen LogP contribution in [-0.2, 0) is 0 Å². The van der Waals surface area contributed by atoms with Crippen molar-refractivity contribution in [2.24, 2.45) is 5.41 Å². The fourth-order valence-corrected chi connectivity index (χ4v) is 1.48. The van der Waals surface area contributed by atoms with E-state index in [-0.39, 0.29) is 18.1 Å². The van der Waals surface area contributed by atoms with Crippen LogP contribution in [0.1, 0.15) is 44.8 Å². The van der Waals surface area contributed by atoms with Crippen molar-refractivity contribution in [1.82, 2.24) is 5.32 Å². The standard InChI is InChI=1S/C13H23NO2/c1-5-13(4,9-15)8-14-11(3)12-7-6-10(2)16-12/h6-7,11,14-15H,5,8-9H2,1-4H3. The zero-order valence-electron chi connectivity index (χ0n) is 10.7. The maximum absolute atomic E-state index is 9.31. The fourth-order valence-electron chi connectivity index (χ4n) is 1.48. The molecule has 0 saturated heterocycles. The predicted octanol–water partition coefficient (Wildman–Crippen LogP) is 2.65. The first-order chi connectivity index (χ1) is 7.50. The summed E-state index contributed by atoms with van der Waals surface area (Å²) in [6, 6.07) is 4.15. The first-order valence-electron chi connectivity index (χ1n) is 5.91. The van der Waals surface area contributed by atoms with Crippen molar-refractivity contribution in [2.45, 2.75) is 40.2 Å². The summed E-state index contributed by atoms with van der Waals surface area (Å²) in [5.41, 5.74) is -0.0457. The van der Waals surface area contributed by atoms with Gasteiger partial charge in [-0.15, -0.1) is 0 Å². The largest absolute Gasteiger partial charge is 0.465 e. The van der Waals surface area contributed by atoms with Crippen LogP contribution in [0.25, 0.3) is 0 Å². The van der Waals surface area contributed by atoms with Gasteiger partial charge in [0.1, 0.15) is 11.5 Å². The van der Waals surface area contributed by atoms with E-state index in [4.69, 9.17) is 4.42 Å². The van der Waals surface area contributed by atoms with Crippen molar-refractivity contribution >= 4 is 0 Å². The Morgan fingerprint density at radius 3 is 2.62 bits per heavy atom. The summed E-state index contributed by atoms with van der Waals surface area (Å²) in [6.45, 7) is 9.20. The third kappa shape index (κ3) is 3.35. The molecule has 0 spiro atoms. The molecule has 0 aliphatic carbocycles. The van der Waals surface area contributed by atoms with Gasteiger partial charge in [0.05, 0.1) is 6.04 Å². The fraction of sp³-hybridized carbons (Fsp3) is 0.692. The smallest absolute Gasteiger partial charge is 0.120 e. The topological polar surface area (TPSA) is 45.4 Å². The number of nitrogens with one attached hydrogen (secondary N) is 1. The molecule has 0 bridgehead atoms. The Morgan fingerprint density at radius 2 is 2.19 bits per heavy atom. The highest BCUT2D eigenvalue weighted by Gasteiger charge is 2.22. The maximum atomic E-state index is 9.31. The molecule has 0 saturated carbocycles. The summed E-state index contributed by atoms with van der Waals surface area (Å²) in [5, 5.41) is 12.7. The van der Waals surface area contributed by atoms with Crippen LogP contribution in [0.4, 0.5) is 0 Å². The maximum Gasteiger partial charge on any atom is 0.120 e. The van der Waals surface area contributed by atoms with Crippen molar-refractivity contribution in [3.63, 3.8) is 0 Å². The molecule has 0 aliphatic rings. The molecule has 3 nitrogen and oxygen atoms in total. The van der Waals surface area contributed by atoms with E-state index >= 15 is 0 Å². The molecule has 92 valence electrons. The highest BCUT2D eigenvalue weighted by molar-refractivity contribution is 5.08. The molecular formula is C13H23NO2. The van der Waals surface area contributed by atoms with E-state index in [1.807, 2.05) is 19.1 Å². The Hall–Kier alpha value is -0.800. The molecular weight excluding hydrogens is 202 g/mol. The number of rotatable bonds is 6. The number of aliphatic hydroxyl groups excluding tert-OH is 1. The minimum absolute atomic E-state index is 0.0457. The predicted molar refractivity (Wildman–Crippen MR) is 65.3 cm³/mol. The Morgan fingerprint density at radius 1 is 1.50 bits per heavy atom. The Bertz CT molecular complexity index is 315. The van der Waals surface area contributed by atoms with Crippen LogP contribution in [0.3, 0.4) is 0 Å². The summed E-state index contributed by atoms with van der Waals surface area (Å²) in [6.07, 6.45) is 0.959. The molecule has 1 aromatic rings. The highest BCUT2D eigenvalue weighted by atomic mass is 16.3. The molecule has 2 N–H and O–H groups in total. The SMILES string of the molecule is CCC(C)(CO)CNC(C)c1ccc(C)o1. The van der Waals surface area contributed by atoms with Crippen molar-refractivity contribution in [1.29, 1.82) is 0 Å². The van der Waals surface area contributed by atoms with Crippen LogP contribution < -0.4 is 5.32 Å². The third-order valence-electron chi connectivity index (χ3n) is 3.26. The van der Waals surface area contributed by atoms with Crippen LogP contribution in [0, 0.1) is 12.3 Å². The van der Waals surface area contributed by atoms with E-state index in [1.165, 1.54) is 0 Å². The van der Waals surface area contributed by atoms with Gasteiger partial charge in [0.15, 0.2) is 0 Å². The van der Waals surface area contributed by atoms with Crippen molar-refractivity contribution in [3.05, 3.63) is 23.7 Å². The van der Waals surface area contributed by atoms with Gasteiger partial charge >= 0.3 is 0 Å². The van der Waals surface area contributed by atoms with Crippen molar-refractivity contribution in [3.8, 4) is 0 Å². The second-order valence-electron chi connectivity index (χ2n) is 4.87. The monoisotopic (exact) mass is 225 g/mol. The molecule has 3 heteroatoms. The lowest BCUT2D eigenvalue weighted by Gasteiger charge is -2.27. The number of furan rings is 1. The lowest BCUT2D eigenvalue weighted by Crippen LogP contribution is -2.35. The number of hydrogen-bond acceptors (Lipinski definition) is 3. The third-order valence-corrected chi connectivity index (χ3v) is 3.26. The number of aliphatic hydroxyl groups is 1. The Kier molecular flexibility index (Phi) is 4.56. The molecule has 16 heavy (non-hydrogen) atoms. The van der Waals surface area contributed by atoms with E-state index in [0.717, 1.165) is 24.5 Å². The van der Waals surface area contributed by atoms with Gasteiger partial charge in [-0.3, -0.25) is 0 Å². The Labute approximate surface area is 97.9 Å². The minimum atomic E-state index is -0.0457. The lowest BCUT2D eigenvalue weighted by atomic mass is 9.88. The summed E-state index contributed by atoms with van der Waals surface area (Å²) in [4.78, 5) is 0. The van der Waals surface area contributed by atoms with Crippen molar-refractivity contribution in [2.75, 3.05) is 13.2 Å². The highest BCUT2D eigenvalue weighted by Crippen LogP contribution is 2.21. The molecule has 1 rings (SSSR count). The molecule has 1 aromatic heterocycles. The molecule has 0 aliphatic heterocycles. The van der Waals surface area contributed by atoms with Crippen LogP contribution in [-0.4, -0.2) is 18.3 Å². The van der Waals surface area contributed by atoms with Crippen LogP contribution >= 0.6 is 0 Å². The van der Waals surface area contributed by atoms with E-state index in [0.29, 0.717) is 0 Å². The summed E-state index contributed by atoms with van der Waals surface area (Å²) < 4.78 is 5.55. The number of hydrogen-bond donors (Lipinski definition) is 2. The quantitative estimate of drug-likeness (QED) is 0.782. The molecule has 0 fully saturated rings. The average Bonchev–Trinajstić information content (AvgIpc) is 2.72. The minimum Gasteiger partial charge on any atom is -0.465 e. The van der Waals surface area contributed by atoms with E-state index in [1.54, 1.807) is 0 Å². The van der Waals surface area contributed by atoms with Crippen molar-refractivity contribution < 1.29 is 9.52 Å². The first kappa shape index (κ1) is 13.3. The normalized spacial score (nSPS) is 17.1. The average molecular weight is 225 g/mol. The Balaban J connectivity index is 2.49.